The molecule has 0 saturated carbocycles. The van der Waals surface area contributed by atoms with Crippen LogP contribution in [0.3, 0.4) is 0 Å². The van der Waals surface area contributed by atoms with Crippen molar-refractivity contribution in [2.45, 2.75) is 26.4 Å². The van der Waals surface area contributed by atoms with E-state index in [-0.39, 0.29) is 0 Å². The van der Waals surface area contributed by atoms with Gasteiger partial charge >= 0.3 is 0 Å². The van der Waals surface area contributed by atoms with Gasteiger partial charge < -0.3 is 9.30 Å². The van der Waals surface area contributed by atoms with Crippen LogP contribution in [-0.2, 0) is 0 Å². The van der Waals surface area contributed by atoms with Gasteiger partial charge in [-0.25, -0.2) is 0 Å². The van der Waals surface area contributed by atoms with Crippen LogP contribution in [-0.4, -0.2) is 10.2 Å². The van der Waals surface area contributed by atoms with Crippen LogP contribution in [0.15, 0.2) is 48.2 Å². The average molecular weight is 308 g/mol. The van der Waals surface area contributed by atoms with Crippen molar-refractivity contribution in [3.05, 3.63) is 63.9 Å². The third kappa shape index (κ3) is 2.24. The number of rotatable bonds is 1. The SMILES string of the molecule is CC1=C(n2ccccc2=S)c2cc(C#N)ccc2OC1(C)C. The normalized spacial score (nSPS) is 15.7. The van der Waals surface area contributed by atoms with Crippen LogP contribution >= 0.6 is 12.2 Å². The van der Waals surface area contributed by atoms with E-state index in [1.807, 2.05) is 61.9 Å². The predicted octanol–water partition coefficient (Wildman–Crippen LogP) is 4.54. The quantitative estimate of drug-likeness (QED) is 0.726. The van der Waals surface area contributed by atoms with Crippen LogP contribution in [0.4, 0.5) is 0 Å². The van der Waals surface area contributed by atoms with E-state index in [1.54, 1.807) is 6.07 Å². The molecule has 1 aliphatic rings. The zero-order valence-electron chi connectivity index (χ0n) is 12.8. The largest absolute Gasteiger partial charge is 0.483 e. The second-order valence-corrected chi connectivity index (χ2v) is 6.24. The molecule has 4 heteroatoms. The highest BCUT2D eigenvalue weighted by atomic mass is 32.1. The van der Waals surface area contributed by atoms with Crippen molar-refractivity contribution in [1.82, 2.24) is 4.57 Å². The highest BCUT2D eigenvalue weighted by molar-refractivity contribution is 7.71. The van der Waals surface area contributed by atoms with E-state index >= 15 is 0 Å². The Hall–Kier alpha value is -2.38. The maximum absolute atomic E-state index is 9.18. The monoisotopic (exact) mass is 308 g/mol. The van der Waals surface area contributed by atoms with Gasteiger partial charge in [0.15, 0.2) is 0 Å². The number of benzene rings is 1. The maximum Gasteiger partial charge on any atom is 0.130 e. The fourth-order valence-electron chi connectivity index (χ4n) is 2.63. The molecule has 0 saturated heterocycles. The van der Waals surface area contributed by atoms with E-state index in [1.165, 1.54) is 0 Å². The summed E-state index contributed by atoms with van der Waals surface area (Å²) < 4.78 is 8.81. The van der Waals surface area contributed by atoms with Crippen LogP contribution < -0.4 is 4.74 Å². The van der Waals surface area contributed by atoms with E-state index < -0.39 is 5.60 Å². The van der Waals surface area contributed by atoms with Crippen LogP contribution in [0.25, 0.3) is 5.70 Å². The topological polar surface area (TPSA) is 38.0 Å². The van der Waals surface area contributed by atoms with Crippen molar-refractivity contribution in [3.63, 3.8) is 0 Å². The number of nitrogens with zero attached hydrogens (tertiary/aromatic N) is 2. The Bertz CT molecular complexity index is 884. The molecule has 0 N–H and O–H groups in total. The molecule has 1 aliphatic heterocycles. The fraction of sp³-hybridized carbons (Fsp3) is 0.222. The highest BCUT2D eigenvalue weighted by Gasteiger charge is 2.33. The Kier molecular flexibility index (Phi) is 3.38. The molecule has 0 amide bonds. The molecule has 0 fully saturated rings. The second kappa shape index (κ2) is 5.11. The highest BCUT2D eigenvalue weighted by Crippen LogP contribution is 2.41. The van der Waals surface area contributed by atoms with Gasteiger partial charge in [-0.1, -0.05) is 18.3 Å². The summed E-state index contributed by atoms with van der Waals surface area (Å²) in [7, 11) is 0. The van der Waals surface area contributed by atoms with Crippen LogP contribution in [0.2, 0.25) is 0 Å². The minimum absolute atomic E-state index is 0.429. The van der Waals surface area contributed by atoms with Gasteiger partial charge in [0.2, 0.25) is 0 Å². The Balaban J connectivity index is 2.37. The van der Waals surface area contributed by atoms with Crippen LogP contribution in [0.5, 0.6) is 5.75 Å². The average Bonchev–Trinajstić information content (AvgIpc) is 2.49. The summed E-state index contributed by atoms with van der Waals surface area (Å²) in [5.74, 6) is 0.773. The molecule has 22 heavy (non-hydrogen) atoms. The molecule has 0 aliphatic carbocycles. The van der Waals surface area contributed by atoms with E-state index in [0.717, 1.165) is 27.2 Å². The van der Waals surface area contributed by atoms with E-state index in [0.29, 0.717) is 5.56 Å². The van der Waals surface area contributed by atoms with Gasteiger partial charge in [-0.15, -0.1) is 0 Å². The lowest BCUT2D eigenvalue weighted by molar-refractivity contribution is 0.143. The molecule has 1 aromatic carbocycles. The zero-order chi connectivity index (χ0) is 15.9. The van der Waals surface area contributed by atoms with Crippen molar-refractivity contribution in [1.29, 1.82) is 5.26 Å². The molecular weight excluding hydrogens is 292 g/mol. The first kappa shape index (κ1) is 14.6. The Morgan fingerprint density at radius 1 is 1.23 bits per heavy atom. The van der Waals surface area contributed by atoms with E-state index in [4.69, 9.17) is 17.0 Å². The number of nitriles is 1. The van der Waals surface area contributed by atoms with Crippen molar-refractivity contribution >= 4 is 17.9 Å². The van der Waals surface area contributed by atoms with Crippen molar-refractivity contribution < 1.29 is 4.74 Å². The second-order valence-electron chi connectivity index (χ2n) is 5.82. The molecular formula is C18H16N2OS. The Morgan fingerprint density at radius 2 is 2.00 bits per heavy atom. The number of aromatic nitrogens is 1. The molecule has 3 rings (SSSR count). The zero-order valence-corrected chi connectivity index (χ0v) is 13.6. The molecule has 0 bridgehead atoms. The first-order valence-corrected chi connectivity index (χ1v) is 7.48. The summed E-state index contributed by atoms with van der Waals surface area (Å²) in [5, 5.41) is 9.18. The molecule has 0 spiro atoms. The molecule has 0 unspecified atom stereocenters. The maximum atomic E-state index is 9.18. The minimum Gasteiger partial charge on any atom is -0.483 e. The number of hydrogen-bond acceptors (Lipinski definition) is 3. The number of fused-ring (bicyclic) bond motifs is 1. The van der Waals surface area contributed by atoms with Gasteiger partial charge in [-0.05, 0) is 56.7 Å². The van der Waals surface area contributed by atoms with Crippen molar-refractivity contribution in [2.75, 3.05) is 0 Å². The summed E-state index contributed by atoms with van der Waals surface area (Å²) in [4.78, 5) is 0. The van der Waals surface area contributed by atoms with Gasteiger partial charge in [0.25, 0.3) is 0 Å². The summed E-state index contributed by atoms with van der Waals surface area (Å²) in [6, 6.07) is 13.4. The van der Waals surface area contributed by atoms with Gasteiger partial charge in [0, 0.05) is 11.8 Å². The number of hydrogen-bond donors (Lipinski definition) is 0. The van der Waals surface area contributed by atoms with Crippen LogP contribution in [0, 0.1) is 16.0 Å². The lowest BCUT2D eigenvalue weighted by Gasteiger charge is -2.36. The number of ether oxygens (including phenoxy) is 1. The van der Waals surface area contributed by atoms with Gasteiger partial charge in [-0.2, -0.15) is 5.26 Å². The summed E-state index contributed by atoms with van der Waals surface area (Å²) in [5.41, 5.74) is 3.15. The molecule has 2 aromatic rings. The first-order valence-electron chi connectivity index (χ1n) is 7.07. The predicted molar refractivity (Wildman–Crippen MR) is 89.1 cm³/mol. The summed E-state index contributed by atoms with van der Waals surface area (Å²) in [6.45, 7) is 6.12. The first-order chi connectivity index (χ1) is 10.4. The van der Waals surface area contributed by atoms with Gasteiger partial charge in [-0.3, -0.25) is 0 Å². The standard InChI is InChI=1S/C18H16N2OS/c1-12-17(20-9-5-4-6-16(20)22)14-10-13(11-19)7-8-15(14)21-18(12,2)3/h4-10H,1-3H3. The lowest BCUT2D eigenvalue weighted by Crippen LogP contribution is -2.34. The third-order valence-corrected chi connectivity index (χ3v) is 4.38. The van der Waals surface area contributed by atoms with Crippen molar-refractivity contribution in [2.24, 2.45) is 0 Å². The lowest BCUT2D eigenvalue weighted by atomic mass is 9.90. The third-order valence-electron chi connectivity index (χ3n) is 4.05. The van der Waals surface area contributed by atoms with E-state index in [9.17, 15) is 5.26 Å². The molecule has 0 atom stereocenters. The summed E-state index contributed by atoms with van der Waals surface area (Å²) in [6.07, 6.45) is 1.95. The summed E-state index contributed by atoms with van der Waals surface area (Å²) >= 11 is 5.47. The van der Waals surface area contributed by atoms with Crippen molar-refractivity contribution in [3.8, 4) is 11.8 Å². The molecule has 2 heterocycles. The number of pyridine rings is 1. The molecule has 0 radical (unpaired) electrons. The van der Waals surface area contributed by atoms with Gasteiger partial charge in [0.1, 0.15) is 16.0 Å². The Labute approximate surface area is 135 Å². The molecule has 110 valence electrons. The smallest absolute Gasteiger partial charge is 0.130 e. The van der Waals surface area contributed by atoms with E-state index in [2.05, 4.69) is 6.07 Å². The van der Waals surface area contributed by atoms with Crippen LogP contribution in [0.1, 0.15) is 31.9 Å². The van der Waals surface area contributed by atoms with Gasteiger partial charge in [0.05, 0.1) is 17.3 Å². The fourth-order valence-corrected chi connectivity index (χ4v) is 2.87. The minimum atomic E-state index is -0.429. The Morgan fingerprint density at radius 3 is 2.68 bits per heavy atom. The molecule has 3 nitrogen and oxygen atoms in total. The molecule has 1 aromatic heterocycles.